The molecular formula is AlBiOZr. The predicted molar refractivity (Wildman–Crippen MR) is 12.2 cm³/mol. The van der Waals surface area contributed by atoms with Crippen LogP contribution in [0, 0.1) is 0 Å². The van der Waals surface area contributed by atoms with Crippen molar-refractivity contribution >= 4 is 42.1 Å². The van der Waals surface area contributed by atoms with E-state index in [-0.39, 0.29) is 68.3 Å². The molecule has 0 aliphatic heterocycles. The molecule has 0 unspecified atom stereocenters. The molecule has 0 fully saturated rings. The van der Waals surface area contributed by atoms with Gasteiger partial charge in [0, 0.05) is 43.6 Å². The normalized spacial score (nSPS) is 1.00. The topological polar surface area (TPSA) is 17.1 Å². The van der Waals surface area contributed by atoms with Gasteiger partial charge in [0.15, 0.2) is 0 Å². The zero-order valence-corrected chi connectivity index (χ0v) is 9.02. The summed E-state index contributed by atoms with van der Waals surface area (Å²) >= 11 is 0.194. The van der Waals surface area contributed by atoms with Crippen LogP contribution in [0.5, 0.6) is 0 Å². The quantitative estimate of drug-likeness (QED) is 0.522. The molecule has 0 saturated heterocycles. The van der Waals surface area contributed by atoms with Crippen LogP contribution in [0.2, 0.25) is 0 Å². The second-order valence-electron chi connectivity index (χ2n) is 0. The Labute approximate surface area is 70.1 Å². The molecule has 0 bridgehead atoms. The molecule has 0 N–H and O–H groups in total. The maximum absolute atomic E-state index is 8.36. The first-order valence-corrected chi connectivity index (χ1v) is 1.60. The van der Waals surface area contributed by atoms with Crippen molar-refractivity contribution in [1.82, 2.24) is 0 Å². The SMILES string of the molecule is [Al].[O]=[Bi].[Zr]. The van der Waals surface area contributed by atoms with Crippen LogP contribution in [-0.4, -0.2) is 42.1 Å². The summed E-state index contributed by atoms with van der Waals surface area (Å²) in [7, 11) is 0. The van der Waals surface area contributed by atoms with Gasteiger partial charge in [0.05, 0.1) is 0 Å². The van der Waals surface area contributed by atoms with Gasteiger partial charge in [0.25, 0.3) is 0 Å². The molecule has 0 spiro atoms. The molecule has 0 aromatic carbocycles. The molecule has 0 amide bonds. The van der Waals surface area contributed by atoms with Gasteiger partial charge in [0.1, 0.15) is 0 Å². The van der Waals surface area contributed by atoms with Crippen LogP contribution in [0.1, 0.15) is 0 Å². The summed E-state index contributed by atoms with van der Waals surface area (Å²) < 4.78 is 8.36. The summed E-state index contributed by atoms with van der Waals surface area (Å²) in [5.41, 5.74) is 0. The molecule has 0 saturated carbocycles. The van der Waals surface area contributed by atoms with Crippen molar-refractivity contribution in [2.45, 2.75) is 0 Å². The van der Waals surface area contributed by atoms with Gasteiger partial charge in [-0.3, -0.25) is 0 Å². The van der Waals surface area contributed by atoms with Crippen LogP contribution >= 0.6 is 0 Å². The van der Waals surface area contributed by atoms with Crippen molar-refractivity contribution in [2.24, 2.45) is 0 Å². The molecule has 0 atom stereocenters. The fourth-order valence-corrected chi connectivity index (χ4v) is 0. The Kier molecular flexibility index (Phi) is 80.3. The number of hydrogen-bond acceptors (Lipinski definition) is 1. The predicted octanol–water partition coefficient (Wildman–Crippen LogP) is -0.883. The van der Waals surface area contributed by atoms with Crippen LogP contribution in [0.15, 0.2) is 0 Å². The molecule has 18 valence electrons. The van der Waals surface area contributed by atoms with E-state index in [0.717, 1.165) is 0 Å². The molecule has 0 aliphatic carbocycles. The summed E-state index contributed by atoms with van der Waals surface area (Å²) in [5.74, 6) is 0. The van der Waals surface area contributed by atoms with E-state index in [9.17, 15) is 0 Å². The smallest absolute Gasteiger partial charge is 0 e. The van der Waals surface area contributed by atoms with Gasteiger partial charge in [-0.25, -0.2) is 0 Å². The third-order valence-electron chi connectivity index (χ3n) is 0. The van der Waals surface area contributed by atoms with E-state index in [4.69, 9.17) is 2.81 Å². The Hall–Kier alpha value is 2.10. The maximum atomic E-state index is 8.36. The van der Waals surface area contributed by atoms with Gasteiger partial charge in [-0.1, -0.05) is 0 Å². The average Bonchev–Trinajstić information content (AvgIpc) is 1.00. The Balaban J connectivity index is -0.00000000500. The summed E-state index contributed by atoms with van der Waals surface area (Å²) in [5, 5.41) is 0. The van der Waals surface area contributed by atoms with Crippen molar-refractivity contribution in [3.63, 3.8) is 0 Å². The Bertz CT molecular complexity index is 8.00. The van der Waals surface area contributed by atoms with Gasteiger partial charge in [-0.2, -0.15) is 0 Å². The molecule has 0 aromatic rings. The molecular weight excluding hydrogens is 343 g/mol. The van der Waals surface area contributed by atoms with Gasteiger partial charge < -0.3 is 0 Å². The molecule has 4 radical (unpaired) electrons. The first kappa shape index (κ1) is 16.5. The van der Waals surface area contributed by atoms with Crippen LogP contribution in [0.25, 0.3) is 0 Å². The minimum absolute atomic E-state index is 0. The van der Waals surface area contributed by atoms with Gasteiger partial charge in [-0.15, -0.1) is 0 Å². The zero-order chi connectivity index (χ0) is 2.00. The molecule has 0 rings (SSSR count). The second kappa shape index (κ2) is 19.4. The summed E-state index contributed by atoms with van der Waals surface area (Å²) in [6.07, 6.45) is 0. The monoisotopic (exact) mass is 342 g/mol. The molecule has 1 nitrogen and oxygen atoms in total. The van der Waals surface area contributed by atoms with E-state index < -0.39 is 0 Å². The van der Waals surface area contributed by atoms with Gasteiger partial charge in [0.2, 0.25) is 0 Å². The summed E-state index contributed by atoms with van der Waals surface area (Å²) in [6, 6.07) is 0. The second-order valence-corrected chi connectivity index (χ2v) is 0. The molecule has 4 heavy (non-hydrogen) atoms. The standard InChI is InChI=1S/Al.Bi.O.Zr. The van der Waals surface area contributed by atoms with E-state index in [1.807, 2.05) is 0 Å². The van der Waals surface area contributed by atoms with Gasteiger partial charge in [-0.05, 0) is 0 Å². The molecule has 0 heterocycles. The average molecular weight is 343 g/mol. The Morgan fingerprint density at radius 2 is 1.25 bits per heavy atom. The molecule has 0 aliphatic rings. The minimum atomic E-state index is 0. The Morgan fingerprint density at radius 3 is 1.25 bits per heavy atom. The van der Waals surface area contributed by atoms with Crippen molar-refractivity contribution in [3.8, 4) is 0 Å². The van der Waals surface area contributed by atoms with E-state index in [1.54, 1.807) is 0 Å². The summed E-state index contributed by atoms with van der Waals surface area (Å²) in [4.78, 5) is 0. The first-order chi connectivity index (χ1) is 1.00. The van der Waals surface area contributed by atoms with Crippen molar-refractivity contribution in [3.05, 3.63) is 0 Å². The maximum Gasteiger partial charge on any atom is 0 e. The largest absolute Gasteiger partial charge is 0 e. The van der Waals surface area contributed by atoms with Crippen LogP contribution in [-0.2, 0) is 29.0 Å². The summed E-state index contributed by atoms with van der Waals surface area (Å²) in [6.45, 7) is 0. The van der Waals surface area contributed by atoms with E-state index >= 15 is 0 Å². The van der Waals surface area contributed by atoms with Crippen molar-refractivity contribution < 1.29 is 29.0 Å². The molecule has 4 heteroatoms. The van der Waals surface area contributed by atoms with E-state index in [2.05, 4.69) is 0 Å². The first-order valence-electron chi connectivity index (χ1n) is 0.183. The van der Waals surface area contributed by atoms with Crippen LogP contribution in [0.4, 0.5) is 0 Å². The third kappa shape index (κ3) is 8.94. The van der Waals surface area contributed by atoms with Crippen molar-refractivity contribution in [1.29, 1.82) is 0 Å². The zero-order valence-electron chi connectivity index (χ0n) is 1.93. The minimum Gasteiger partial charge on any atom is 0 e. The van der Waals surface area contributed by atoms with E-state index in [0.29, 0.717) is 0 Å². The number of rotatable bonds is 0. The van der Waals surface area contributed by atoms with Crippen LogP contribution < -0.4 is 0 Å². The van der Waals surface area contributed by atoms with Crippen molar-refractivity contribution in [2.75, 3.05) is 0 Å². The Morgan fingerprint density at radius 1 is 1.25 bits per heavy atom. The fourth-order valence-electron chi connectivity index (χ4n) is 0. The third-order valence-corrected chi connectivity index (χ3v) is 0. The number of hydrogen-bond donors (Lipinski definition) is 0. The fraction of sp³-hybridized carbons (Fsp3) is 0. The van der Waals surface area contributed by atoms with Crippen LogP contribution in [0.3, 0.4) is 0 Å². The molecule has 0 aromatic heterocycles. The van der Waals surface area contributed by atoms with Gasteiger partial charge >= 0.3 is 27.5 Å². The van der Waals surface area contributed by atoms with E-state index in [1.165, 1.54) is 0 Å².